The Morgan fingerprint density at radius 1 is 1.22 bits per heavy atom. The molecule has 1 aliphatic heterocycles. The number of anilines is 1. The standard InChI is InChI=1S/C20H28N4O3/c1-5-27-17-9-7-6-8-16(17)23-10-12-24(13-11-23)19(20(25)26)18-14(2)21-22(4)15(18)3/h6-9,19H,5,10-13H2,1-4H3,(H,25,26). The normalized spacial score (nSPS) is 16.4. The van der Waals surface area contributed by atoms with Crippen LogP contribution in [0.2, 0.25) is 0 Å². The zero-order valence-corrected chi connectivity index (χ0v) is 16.5. The SMILES string of the molecule is CCOc1ccccc1N1CCN(C(C(=O)O)c2c(C)nn(C)c2C)CC1. The molecule has 2 heterocycles. The molecule has 1 saturated heterocycles. The molecule has 2 aromatic rings. The van der Waals surface area contributed by atoms with Gasteiger partial charge in [0, 0.05) is 44.5 Å². The summed E-state index contributed by atoms with van der Waals surface area (Å²) in [5.41, 5.74) is 3.57. The molecule has 1 aromatic carbocycles. The molecule has 0 aliphatic carbocycles. The first kappa shape index (κ1) is 19.2. The highest BCUT2D eigenvalue weighted by Gasteiger charge is 2.34. The number of carboxylic acids is 1. The topological polar surface area (TPSA) is 70.8 Å². The molecule has 1 fully saturated rings. The maximum Gasteiger partial charge on any atom is 0.325 e. The minimum absolute atomic E-state index is 0.623. The van der Waals surface area contributed by atoms with E-state index in [0.717, 1.165) is 41.5 Å². The monoisotopic (exact) mass is 372 g/mol. The van der Waals surface area contributed by atoms with Crippen LogP contribution in [0.1, 0.15) is 29.9 Å². The molecule has 3 rings (SSSR count). The Kier molecular flexibility index (Phi) is 5.70. The van der Waals surface area contributed by atoms with Gasteiger partial charge in [0.1, 0.15) is 11.8 Å². The van der Waals surface area contributed by atoms with Gasteiger partial charge in [-0.15, -0.1) is 0 Å². The van der Waals surface area contributed by atoms with Gasteiger partial charge >= 0.3 is 5.97 Å². The Hall–Kier alpha value is -2.54. The van der Waals surface area contributed by atoms with Crippen LogP contribution in [0.5, 0.6) is 5.75 Å². The molecule has 0 spiro atoms. The molecule has 1 atom stereocenters. The zero-order chi connectivity index (χ0) is 19.6. The molecule has 7 nitrogen and oxygen atoms in total. The first-order chi connectivity index (χ1) is 12.9. The minimum Gasteiger partial charge on any atom is -0.492 e. The van der Waals surface area contributed by atoms with Crippen LogP contribution in [0.4, 0.5) is 5.69 Å². The fourth-order valence-corrected chi connectivity index (χ4v) is 3.86. The zero-order valence-electron chi connectivity index (χ0n) is 16.5. The van der Waals surface area contributed by atoms with Crippen LogP contribution in [0, 0.1) is 13.8 Å². The van der Waals surface area contributed by atoms with Gasteiger partial charge in [-0.1, -0.05) is 12.1 Å². The number of hydrogen-bond donors (Lipinski definition) is 1. The highest BCUT2D eigenvalue weighted by atomic mass is 16.5. The Morgan fingerprint density at radius 2 is 1.89 bits per heavy atom. The molecule has 1 aromatic heterocycles. The van der Waals surface area contributed by atoms with E-state index in [1.807, 2.05) is 50.9 Å². The lowest BCUT2D eigenvalue weighted by atomic mass is 10.0. The number of carboxylic acid groups (broad SMARTS) is 1. The molecular weight excluding hydrogens is 344 g/mol. The molecule has 0 saturated carbocycles. The summed E-state index contributed by atoms with van der Waals surface area (Å²) in [6.45, 7) is 9.27. The summed E-state index contributed by atoms with van der Waals surface area (Å²) in [4.78, 5) is 16.4. The number of piperazine rings is 1. The van der Waals surface area contributed by atoms with Gasteiger partial charge in [0.25, 0.3) is 0 Å². The van der Waals surface area contributed by atoms with E-state index in [1.165, 1.54) is 0 Å². The third kappa shape index (κ3) is 3.78. The lowest BCUT2D eigenvalue weighted by molar-refractivity contribution is -0.143. The van der Waals surface area contributed by atoms with Crippen molar-refractivity contribution >= 4 is 11.7 Å². The van der Waals surface area contributed by atoms with Crippen LogP contribution in [0.25, 0.3) is 0 Å². The number of rotatable bonds is 6. The van der Waals surface area contributed by atoms with Gasteiger partial charge in [0.15, 0.2) is 0 Å². The molecule has 1 unspecified atom stereocenters. The Balaban J connectivity index is 1.78. The Labute approximate surface area is 160 Å². The van der Waals surface area contributed by atoms with Crippen molar-refractivity contribution in [2.75, 3.05) is 37.7 Å². The van der Waals surface area contributed by atoms with Crippen LogP contribution in [-0.2, 0) is 11.8 Å². The average molecular weight is 372 g/mol. The molecule has 7 heteroatoms. The maximum absolute atomic E-state index is 12.1. The quantitative estimate of drug-likeness (QED) is 0.840. The highest BCUT2D eigenvalue weighted by Crippen LogP contribution is 2.32. The fraction of sp³-hybridized carbons (Fsp3) is 0.500. The van der Waals surface area contributed by atoms with Gasteiger partial charge < -0.3 is 14.7 Å². The second-order valence-electron chi connectivity index (χ2n) is 6.87. The fourth-order valence-electron chi connectivity index (χ4n) is 3.86. The van der Waals surface area contributed by atoms with E-state index in [1.54, 1.807) is 4.68 Å². The van der Waals surface area contributed by atoms with E-state index in [-0.39, 0.29) is 0 Å². The lowest BCUT2D eigenvalue weighted by Gasteiger charge is -2.39. The molecule has 146 valence electrons. The summed E-state index contributed by atoms with van der Waals surface area (Å²) >= 11 is 0. The van der Waals surface area contributed by atoms with Crippen molar-refractivity contribution in [2.24, 2.45) is 7.05 Å². The second-order valence-corrected chi connectivity index (χ2v) is 6.87. The lowest BCUT2D eigenvalue weighted by Crippen LogP contribution is -2.49. The second kappa shape index (κ2) is 8.00. The largest absolute Gasteiger partial charge is 0.492 e. The number of aliphatic carboxylic acids is 1. The number of aryl methyl sites for hydroxylation is 2. The number of nitrogens with zero attached hydrogens (tertiary/aromatic N) is 4. The summed E-state index contributed by atoms with van der Waals surface area (Å²) in [7, 11) is 1.85. The third-order valence-corrected chi connectivity index (χ3v) is 5.26. The van der Waals surface area contributed by atoms with Crippen molar-refractivity contribution in [1.82, 2.24) is 14.7 Å². The van der Waals surface area contributed by atoms with Crippen LogP contribution in [0.3, 0.4) is 0 Å². The van der Waals surface area contributed by atoms with Crippen molar-refractivity contribution in [1.29, 1.82) is 0 Å². The van der Waals surface area contributed by atoms with Gasteiger partial charge in [0.05, 0.1) is 18.0 Å². The number of aromatic nitrogens is 2. The molecule has 0 radical (unpaired) electrons. The van der Waals surface area contributed by atoms with E-state index < -0.39 is 12.0 Å². The van der Waals surface area contributed by atoms with E-state index in [4.69, 9.17) is 4.74 Å². The first-order valence-electron chi connectivity index (χ1n) is 9.37. The van der Waals surface area contributed by atoms with Crippen LogP contribution in [0.15, 0.2) is 24.3 Å². The van der Waals surface area contributed by atoms with E-state index in [0.29, 0.717) is 19.7 Å². The van der Waals surface area contributed by atoms with Crippen LogP contribution in [-0.4, -0.2) is 58.5 Å². The van der Waals surface area contributed by atoms with Gasteiger partial charge in [-0.2, -0.15) is 5.10 Å². The predicted molar refractivity (Wildman–Crippen MR) is 104 cm³/mol. The van der Waals surface area contributed by atoms with Crippen molar-refractivity contribution in [2.45, 2.75) is 26.8 Å². The number of carbonyl (C=O) groups is 1. The van der Waals surface area contributed by atoms with Gasteiger partial charge in [-0.05, 0) is 32.9 Å². The molecule has 0 bridgehead atoms. The molecule has 0 amide bonds. The number of benzene rings is 1. The van der Waals surface area contributed by atoms with E-state index in [2.05, 4.69) is 16.1 Å². The smallest absolute Gasteiger partial charge is 0.325 e. The van der Waals surface area contributed by atoms with Crippen molar-refractivity contribution in [3.05, 3.63) is 41.2 Å². The molecule has 27 heavy (non-hydrogen) atoms. The summed E-state index contributed by atoms with van der Waals surface area (Å²) < 4.78 is 7.50. The van der Waals surface area contributed by atoms with Crippen molar-refractivity contribution in [3.8, 4) is 5.75 Å². The highest BCUT2D eigenvalue weighted by molar-refractivity contribution is 5.76. The number of ether oxygens (including phenoxy) is 1. The van der Waals surface area contributed by atoms with E-state index in [9.17, 15) is 9.90 Å². The van der Waals surface area contributed by atoms with Gasteiger partial charge in [-0.3, -0.25) is 14.4 Å². The Bertz CT molecular complexity index is 810. The number of para-hydroxylation sites is 2. The van der Waals surface area contributed by atoms with Crippen molar-refractivity contribution in [3.63, 3.8) is 0 Å². The van der Waals surface area contributed by atoms with Crippen LogP contribution < -0.4 is 9.64 Å². The summed E-state index contributed by atoms with van der Waals surface area (Å²) in [5, 5.41) is 14.3. The van der Waals surface area contributed by atoms with Crippen LogP contribution >= 0.6 is 0 Å². The maximum atomic E-state index is 12.1. The molecule has 1 N–H and O–H groups in total. The Morgan fingerprint density at radius 3 is 2.44 bits per heavy atom. The minimum atomic E-state index is -0.822. The van der Waals surface area contributed by atoms with E-state index >= 15 is 0 Å². The first-order valence-corrected chi connectivity index (χ1v) is 9.37. The summed E-state index contributed by atoms with van der Waals surface area (Å²) in [5.74, 6) is 0.0551. The summed E-state index contributed by atoms with van der Waals surface area (Å²) in [6.07, 6.45) is 0. The summed E-state index contributed by atoms with van der Waals surface area (Å²) in [6, 6.07) is 7.35. The van der Waals surface area contributed by atoms with Crippen molar-refractivity contribution < 1.29 is 14.6 Å². The average Bonchev–Trinajstić information content (AvgIpc) is 2.89. The molecule has 1 aliphatic rings. The predicted octanol–water partition coefficient (Wildman–Crippen LogP) is 2.38. The third-order valence-electron chi connectivity index (χ3n) is 5.26. The molecular formula is C20H28N4O3. The van der Waals surface area contributed by atoms with Gasteiger partial charge in [0.2, 0.25) is 0 Å². The van der Waals surface area contributed by atoms with Gasteiger partial charge in [-0.25, -0.2) is 0 Å². The number of hydrogen-bond acceptors (Lipinski definition) is 5.